The van der Waals surface area contributed by atoms with E-state index in [9.17, 15) is 5.26 Å². The van der Waals surface area contributed by atoms with E-state index in [1.807, 2.05) is 43.3 Å². The van der Waals surface area contributed by atoms with E-state index in [1.54, 1.807) is 6.07 Å². The molecule has 0 bridgehead atoms. The maximum atomic E-state index is 9.95. The summed E-state index contributed by atoms with van der Waals surface area (Å²) in [5.41, 5.74) is 9.13. The molecule has 184 valence electrons. The van der Waals surface area contributed by atoms with Gasteiger partial charge in [-0.15, -0.1) is 0 Å². The summed E-state index contributed by atoms with van der Waals surface area (Å²) >= 11 is 0. The van der Waals surface area contributed by atoms with E-state index in [1.165, 1.54) is 5.39 Å². The van der Waals surface area contributed by atoms with Crippen molar-refractivity contribution in [1.82, 2.24) is 0 Å². The standard InChI is InChI=1S/C30H24N2O5/c1-2-33-26-12-21(9-10-24(26)34-16-18-7-8-19-5-3-4-6-20(19)11-18)29-22-13-27-28(36-17-35-27)14-25(22)37-30(32)23(29)15-31/h3-14,29H,2,16-17,32H2,1H3. The van der Waals surface area contributed by atoms with E-state index < -0.39 is 5.92 Å². The van der Waals surface area contributed by atoms with Crippen LogP contribution in [0.3, 0.4) is 0 Å². The zero-order chi connectivity index (χ0) is 25.4. The molecule has 2 heterocycles. The maximum Gasteiger partial charge on any atom is 0.231 e. The van der Waals surface area contributed by atoms with Gasteiger partial charge in [0.05, 0.1) is 12.5 Å². The van der Waals surface area contributed by atoms with Gasteiger partial charge in [-0.05, 0) is 53.1 Å². The predicted octanol–water partition coefficient (Wildman–Crippen LogP) is 5.76. The Morgan fingerprint density at radius 2 is 1.70 bits per heavy atom. The van der Waals surface area contributed by atoms with Gasteiger partial charge in [-0.1, -0.05) is 42.5 Å². The van der Waals surface area contributed by atoms with Gasteiger partial charge < -0.3 is 29.4 Å². The molecule has 7 heteroatoms. The number of rotatable bonds is 6. The molecule has 4 aromatic rings. The van der Waals surface area contributed by atoms with Crippen LogP contribution in [0.1, 0.15) is 29.5 Å². The van der Waals surface area contributed by atoms with Crippen molar-refractivity contribution in [2.75, 3.05) is 13.4 Å². The Morgan fingerprint density at radius 1 is 0.892 bits per heavy atom. The van der Waals surface area contributed by atoms with Gasteiger partial charge in [-0.3, -0.25) is 0 Å². The highest BCUT2D eigenvalue weighted by Crippen LogP contribution is 2.48. The molecule has 2 aliphatic rings. The van der Waals surface area contributed by atoms with Crippen molar-refractivity contribution in [2.24, 2.45) is 5.73 Å². The monoisotopic (exact) mass is 492 g/mol. The Kier molecular flexibility index (Phi) is 5.70. The van der Waals surface area contributed by atoms with Gasteiger partial charge in [0.25, 0.3) is 0 Å². The molecule has 6 rings (SSSR count). The zero-order valence-corrected chi connectivity index (χ0v) is 20.2. The molecule has 1 atom stereocenters. The van der Waals surface area contributed by atoms with Gasteiger partial charge in [-0.2, -0.15) is 5.26 Å². The quantitative estimate of drug-likeness (QED) is 0.365. The van der Waals surface area contributed by atoms with Gasteiger partial charge in [0.1, 0.15) is 24.0 Å². The van der Waals surface area contributed by atoms with Gasteiger partial charge >= 0.3 is 0 Å². The van der Waals surface area contributed by atoms with Gasteiger partial charge in [0.15, 0.2) is 23.0 Å². The molecule has 2 N–H and O–H groups in total. The van der Waals surface area contributed by atoms with Crippen molar-refractivity contribution < 1.29 is 23.7 Å². The number of ether oxygens (including phenoxy) is 5. The molecule has 0 fully saturated rings. The number of nitrogens with zero attached hydrogens (tertiary/aromatic N) is 1. The Morgan fingerprint density at radius 3 is 2.51 bits per heavy atom. The second-order valence-corrected chi connectivity index (χ2v) is 8.78. The summed E-state index contributed by atoms with van der Waals surface area (Å²) in [4.78, 5) is 0. The van der Waals surface area contributed by atoms with Crippen molar-refractivity contribution >= 4 is 10.8 Å². The number of fused-ring (bicyclic) bond motifs is 3. The highest BCUT2D eigenvalue weighted by atomic mass is 16.7. The van der Waals surface area contributed by atoms with Crippen LogP contribution in [0.2, 0.25) is 0 Å². The number of hydrogen-bond donors (Lipinski definition) is 1. The molecule has 0 saturated carbocycles. The van der Waals surface area contributed by atoms with Crippen molar-refractivity contribution in [1.29, 1.82) is 5.26 Å². The normalized spacial score (nSPS) is 15.6. The van der Waals surface area contributed by atoms with Crippen molar-refractivity contribution in [3.63, 3.8) is 0 Å². The minimum absolute atomic E-state index is 0.0634. The summed E-state index contributed by atoms with van der Waals surface area (Å²) in [6, 6.07) is 26.0. The fourth-order valence-electron chi connectivity index (χ4n) is 4.77. The van der Waals surface area contributed by atoms with E-state index in [0.29, 0.717) is 47.5 Å². The number of hydrogen-bond acceptors (Lipinski definition) is 7. The predicted molar refractivity (Wildman–Crippen MR) is 138 cm³/mol. The minimum atomic E-state index is -0.461. The lowest BCUT2D eigenvalue weighted by Crippen LogP contribution is -2.21. The second-order valence-electron chi connectivity index (χ2n) is 8.78. The minimum Gasteiger partial charge on any atom is -0.490 e. The number of nitrogens with two attached hydrogens (primary N) is 1. The molecule has 0 saturated heterocycles. The van der Waals surface area contributed by atoms with E-state index in [4.69, 9.17) is 29.4 Å². The van der Waals surface area contributed by atoms with Crippen molar-refractivity contribution in [2.45, 2.75) is 19.4 Å². The van der Waals surface area contributed by atoms with Crippen LogP contribution in [0.25, 0.3) is 10.8 Å². The Hall–Kier alpha value is -4.83. The number of benzene rings is 4. The third-order valence-corrected chi connectivity index (χ3v) is 6.52. The lowest BCUT2D eigenvalue weighted by molar-refractivity contribution is 0.174. The SMILES string of the molecule is CCOc1cc(C2C(C#N)=C(N)Oc3cc4c(cc32)OCO4)ccc1OCc1ccc2ccccc2c1. The Balaban J connectivity index is 1.34. The maximum absolute atomic E-state index is 9.95. The first-order chi connectivity index (χ1) is 18.1. The third-order valence-electron chi connectivity index (χ3n) is 6.52. The van der Waals surface area contributed by atoms with Crippen molar-refractivity contribution in [3.05, 3.63) is 101 Å². The second kappa shape index (κ2) is 9.32. The molecule has 0 amide bonds. The average Bonchev–Trinajstić information content (AvgIpc) is 3.38. The summed E-state index contributed by atoms with van der Waals surface area (Å²) in [5.74, 6) is 2.52. The zero-order valence-electron chi connectivity index (χ0n) is 20.2. The molecule has 0 aromatic heterocycles. The molecule has 7 nitrogen and oxygen atoms in total. The Labute approximate surface area is 214 Å². The third kappa shape index (κ3) is 4.13. The van der Waals surface area contributed by atoms with E-state index in [2.05, 4.69) is 36.4 Å². The van der Waals surface area contributed by atoms with Crippen LogP contribution < -0.4 is 29.4 Å². The molecule has 1 unspecified atom stereocenters. The van der Waals surface area contributed by atoms with Crippen molar-refractivity contribution in [3.8, 4) is 34.8 Å². The van der Waals surface area contributed by atoms with Crippen LogP contribution in [0.15, 0.2) is 84.3 Å². The summed E-state index contributed by atoms with van der Waals surface area (Å²) in [5, 5.41) is 12.3. The number of allylic oxidation sites excluding steroid dienone is 1. The fourth-order valence-corrected chi connectivity index (χ4v) is 4.77. The number of nitriles is 1. The summed E-state index contributed by atoms with van der Waals surface area (Å²) in [6.45, 7) is 2.91. The highest BCUT2D eigenvalue weighted by molar-refractivity contribution is 5.83. The van der Waals surface area contributed by atoms with Crippen LogP contribution in [0.5, 0.6) is 28.7 Å². The van der Waals surface area contributed by atoms with E-state index in [-0.39, 0.29) is 12.7 Å². The molecule has 0 aliphatic carbocycles. The summed E-state index contributed by atoms with van der Waals surface area (Å²) < 4.78 is 29.0. The first kappa shape index (κ1) is 22.6. The van der Waals surface area contributed by atoms with Gasteiger partial charge in [-0.25, -0.2) is 0 Å². The van der Waals surface area contributed by atoms with E-state index >= 15 is 0 Å². The average molecular weight is 493 g/mol. The van der Waals surface area contributed by atoms with Gasteiger partial charge in [0.2, 0.25) is 12.7 Å². The smallest absolute Gasteiger partial charge is 0.231 e. The van der Waals surface area contributed by atoms with E-state index in [0.717, 1.165) is 22.1 Å². The lowest BCUT2D eigenvalue weighted by Gasteiger charge is -2.27. The molecular formula is C30H24N2O5. The van der Waals surface area contributed by atoms with Crippen LogP contribution in [-0.4, -0.2) is 13.4 Å². The van der Waals surface area contributed by atoms with Crippen LogP contribution in [0, 0.1) is 11.3 Å². The molecule has 0 radical (unpaired) electrons. The Bertz CT molecular complexity index is 1590. The fraction of sp³-hybridized carbons (Fsp3) is 0.167. The molecule has 0 spiro atoms. The van der Waals surface area contributed by atoms with Crippen LogP contribution in [0.4, 0.5) is 0 Å². The first-order valence-electron chi connectivity index (χ1n) is 12.0. The summed E-state index contributed by atoms with van der Waals surface area (Å²) in [6.07, 6.45) is 0. The molecular weight excluding hydrogens is 468 g/mol. The molecule has 2 aliphatic heterocycles. The molecule has 4 aromatic carbocycles. The van der Waals surface area contributed by atoms with Gasteiger partial charge in [0, 0.05) is 11.6 Å². The first-order valence-corrected chi connectivity index (χ1v) is 12.0. The lowest BCUT2D eigenvalue weighted by atomic mass is 9.83. The highest BCUT2D eigenvalue weighted by Gasteiger charge is 2.33. The van der Waals surface area contributed by atoms with Crippen LogP contribution >= 0.6 is 0 Å². The van der Waals surface area contributed by atoms with Crippen LogP contribution in [-0.2, 0) is 6.61 Å². The molecule has 37 heavy (non-hydrogen) atoms. The topological polar surface area (TPSA) is 96.0 Å². The summed E-state index contributed by atoms with van der Waals surface area (Å²) in [7, 11) is 0. The largest absolute Gasteiger partial charge is 0.490 e.